The van der Waals surface area contributed by atoms with Crippen LogP contribution in [-0.2, 0) is 20.2 Å². The summed E-state index contributed by atoms with van der Waals surface area (Å²) in [5.41, 5.74) is 3.45. The number of carbonyl (C=O) groups excluding carboxylic acids is 1. The Morgan fingerprint density at radius 2 is 1.81 bits per heavy atom. The van der Waals surface area contributed by atoms with Crippen molar-refractivity contribution in [2.45, 2.75) is 30.1 Å². The number of sulfonamides is 1. The lowest BCUT2D eigenvalue weighted by Gasteiger charge is -2.17. The summed E-state index contributed by atoms with van der Waals surface area (Å²) in [5, 5.41) is 8.32. The number of anilines is 1. The first-order chi connectivity index (χ1) is 15.3. The molecule has 0 unspecified atom stereocenters. The molecule has 1 amide bonds. The third-order valence-corrected chi connectivity index (χ3v) is 6.99. The van der Waals surface area contributed by atoms with Crippen molar-refractivity contribution in [3.05, 3.63) is 71.8 Å². The second-order valence-corrected chi connectivity index (χ2v) is 9.77. The molecule has 1 fully saturated rings. The number of fused-ring (bicyclic) bond motifs is 1. The first-order valence-corrected chi connectivity index (χ1v) is 11.8. The van der Waals surface area contributed by atoms with Gasteiger partial charge in [0.1, 0.15) is 0 Å². The molecule has 0 bridgehead atoms. The lowest BCUT2D eigenvalue weighted by atomic mass is 9.94. The van der Waals surface area contributed by atoms with E-state index in [9.17, 15) is 13.2 Å². The zero-order valence-electron chi connectivity index (χ0n) is 17.4. The van der Waals surface area contributed by atoms with Crippen molar-refractivity contribution >= 4 is 21.6 Å². The van der Waals surface area contributed by atoms with Crippen LogP contribution in [0.25, 0.3) is 11.1 Å². The van der Waals surface area contributed by atoms with E-state index in [1.165, 1.54) is 12.1 Å². The third-order valence-electron chi connectivity index (χ3n) is 6.08. The first kappa shape index (κ1) is 20.5. The maximum atomic E-state index is 13.2. The number of nitrogens with one attached hydrogen (secondary N) is 1. The number of ether oxygens (including phenoxy) is 2. The zero-order chi connectivity index (χ0) is 22.5. The summed E-state index contributed by atoms with van der Waals surface area (Å²) >= 11 is 0. The highest BCUT2D eigenvalue weighted by atomic mass is 32.2. The second kappa shape index (κ2) is 7.36. The molecular weight excluding hydrogens is 428 g/mol. The summed E-state index contributed by atoms with van der Waals surface area (Å²) in [6.45, 7) is 2.12. The van der Waals surface area contributed by atoms with Crippen LogP contribution in [0.2, 0.25) is 0 Å². The largest absolute Gasteiger partial charge is 0.454 e. The number of rotatable bonds is 5. The smallest absolute Gasteiger partial charge is 0.238 e. The van der Waals surface area contributed by atoms with E-state index >= 15 is 0 Å². The molecule has 3 aromatic rings. The molecule has 1 heterocycles. The van der Waals surface area contributed by atoms with E-state index in [1.807, 2.05) is 49.4 Å². The Hall–Kier alpha value is -3.36. The molecule has 1 aliphatic heterocycles. The standard InChI is InChI=1S/C24H22N2O5S.H2/c1-15-5-7-18(13-20(15)16-3-2-4-19(11-16)32(25,28)29)26-23(27)24(9-10-24)17-6-8-21-22(12-17)31-14-30-21;/h2-8,11-13H,9-10,14H2,1H3,(H,26,27)(H2,25,28,29);1H. The minimum atomic E-state index is -3.81. The molecule has 32 heavy (non-hydrogen) atoms. The number of primary sulfonamides is 1. The molecular formula is C24H24N2O5S. The van der Waals surface area contributed by atoms with Gasteiger partial charge in [-0.05, 0) is 78.4 Å². The highest BCUT2D eigenvalue weighted by Crippen LogP contribution is 2.51. The molecule has 5 rings (SSSR count). The summed E-state index contributed by atoms with van der Waals surface area (Å²) in [4.78, 5) is 13.3. The second-order valence-electron chi connectivity index (χ2n) is 8.21. The lowest BCUT2D eigenvalue weighted by Crippen LogP contribution is -2.27. The molecule has 3 aromatic carbocycles. The average Bonchev–Trinajstić information content (AvgIpc) is 3.45. The number of aryl methyl sites for hydroxylation is 1. The van der Waals surface area contributed by atoms with Gasteiger partial charge in [-0.3, -0.25) is 4.79 Å². The molecule has 0 saturated heterocycles. The van der Waals surface area contributed by atoms with Crippen LogP contribution in [0.1, 0.15) is 25.4 Å². The van der Waals surface area contributed by atoms with Crippen LogP contribution in [0.15, 0.2) is 65.6 Å². The molecule has 8 heteroatoms. The SMILES string of the molecule is Cc1ccc(NC(=O)C2(c3ccc4c(c3)OCO4)CC2)cc1-c1cccc(S(N)(=O)=O)c1.[HH]. The van der Waals surface area contributed by atoms with Crippen LogP contribution in [0.4, 0.5) is 5.69 Å². The Kier molecular flexibility index (Phi) is 4.72. The van der Waals surface area contributed by atoms with Gasteiger partial charge in [-0.25, -0.2) is 13.6 Å². The Bertz CT molecular complexity index is 1350. The molecule has 166 valence electrons. The maximum Gasteiger partial charge on any atom is 0.238 e. The van der Waals surface area contributed by atoms with Crippen LogP contribution >= 0.6 is 0 Å². The van der Waals surface area contributed by atoms with Gasteiger partial charge in [0.2, 0.25) is 22.7 Å². The fourth-order valence-corrected chi connectivity index (χ4v) is 4.63. The summed E-state index contributed by atoms with van der Waals surface area (Å²) in [6.07, 6.45) is 1.52. The molecule has 0 atom stereocenters. The Morgan fingerprint density at radius 3 is 2.56 bits per heavy atom. The first-order valence-electron chi connectivity index (χ1n) is 10.2. The van der Waals surface area contributed by atoms with E-state index < -0.39 is 15.4 Å². The van der Waals surface area contributed by atoms with Gasteiger partial charge in [-0.15, -0.1) is 0 Å². The Morgan fingerprint density at radius 1 is 1.03 bits per heavy atom. The fraction of sp³-hybridized carbons (Fsp3) is 0.208. The highest BCUT2D eigenvalue weighted by Gasteiger charge is 2.51. The van der Waals surface area contributed by atoms with E-state index in [0.29, 0.717) is 22.7 Å². The summed E-state index contributed by atoms with van der Waals surface area (Å²) in [6, 6.07) is 17.7. The van der Waals surface area contributed by atoms with Crippen LogP contribution in [-0.4, -0.2) is 21.1 Å². The number of hydrogen-bond acceptors (Lipinski definition) is 5. The number of benzene rings is 3. The van der Waals surface area contributed by atoms with Crippen LogP contribution in [0, 0.1) is 6.92 Å². The van der Waals surface area contributed by atoms with Gasteiger partial charge in [0.15, 0.2) is 11.5 Å². The third kappa shape index (κ3) is 3.61. The predicted octanol–water partition coefficient (Wildman–Crippen LogP) is 3.95. The molecule has 2 aliphatic rings. The predicted molar refractivity (Wildman–Crippen MR) is 122 cm³/mol. The van der Waals surface area contributed by atoms with Gasteiger partial charge in [0.05, 0.1) is 10.3 Å². The van der Waals surface area contributed by atoms with Crippen LogP contribution in [0.3, 0.4) is 0 Å². The monoisotopic (exact) mass is 452 g/mol. The maximum absolute atomic E-state index is 13.2. The van der Waals surface area contributed by atoms with Crippen molar-refractivity contribution < 1.29 is 24.1 Å². The minimum Gasteiger partial charge on any atom is -0.454 e. The van der Waals surface area contributed by atoms with Gasteiger partial charge in [-0.2, -0.15) is 0 Å². The van der Waals surface area contributed by atoms with Crippen molar-refractivity contribution in [3.8, 4) is 22.6 Å². The number of nitrogens with two attached hydrogens (primary N) is 1. The minimum absolute atomic E-state index is 0. The Labute approximate surface area is 187 Å². The summed E-state index contributed by atoms with van der Waals surface area (Å²) in [5.74, 6) is 1.27. The topological polar surface area (TPSA) is 108 Å². The molecule has 3 N–H and O–H groups in total. The molecule has 0 aromatic heterocycles. The van der Waals surface area contributed by atoms with Crippen LogP contribution in [0.5, 0.6) is 11.5 Å². The van der Waals surface area contributed by atoms with Gasteiger partial charge in [0.25, 0.3) is 0 Å². The molecule has 1 saturated carbocycles. The molecule has 1 aliphatic carbocycles. The van der Waals surface area contributed by atoms with E-state index in [2.05, 4.69) is 5.32 Å². The summed E-state index contributed by atoms with van der Waals surface area (Å²) < 4.78 is 34.3. The fourth-order valence-electron chi connectivity index (χ4n) is 4.07. The normalized spacial score (nSPS) is 15.9. The van der Waals surface area contributed by atoms with Gasteiger partial charge < -0.3 is 14.8 Å². The number of carbonyl (C=O) groups is 1. The quantitative estimate of drug-likeness (QED) is 0.609. The van der Waals surface area contributed by atoms with Gasteiger partial charge in [0, 0.05) is 7.11 Å². The molecule has 0 radical (unpaired) electrons. The highest BCUT2D eigenvalue weighted by molar-refractivity contribution is 7.89. The molecule has 7 nitrogen and oxygen atoms in total. The zero-order valence-corrected chi connectivity index (χ0v) is 18.2. The number of amides is 1. The number of hydrogen-bond donors (Lipinski definition) is 2. The summed E-state index contributed by atoms with van der Waals surface area (Å²) in [7, 11) is -3.81. The van der Waals surface area contributed by atoms with Crippen molar-refractivity contribution in [1.29, 1.82) is 0 Å². The Balaban J connectivity index is 0.00000259. The molecule has 0 spiro atoms. The van der Waals surface area contributed by atoms with Crippen molar-refractivity contribution in [3.63, 3.8) is 0 Å². The van der Waals surface area contributed by atoms with Gasteiger partial charge >= 0.3 is 0 Å². The van der Waals surface area contributed by atoms with Crippen molar-refractivity contribution in [1.82, 2.24) is 0 Å². The van der Waals surface area contributed by atoms with Crippen molar-refractivity contribution in [2.24, 2.45) is 5.14 Å². The van der Waals surface area contributed by atoms with Gasteiger partial charge in [-0.1, -0.05) is 24.3 Å². The average molecular weight is 453 g/mol. The van der Waals surface area contributed by atoms with E-state index in [4.69, 9.17) is 14.6 Å². The van der Waals surface area contributed by atoms with Crippen LogP contribution < -0.4 is 19.9 Å². The van der Waals surface area contributed by atoms with Crippen molar-refractivity contribution in [2.75, 3.05) is 12.1 Å². The van der Waals surface area contributed by atoms with E-state index in [1.54, 1.807) is 6.07 Å². The van der Waals surface area contributed by atoms with E-state index in [0.717, 1.165) is 29.5 Å². The lowest BCUT2D eigenvalue weighted by molar-refractivity contribution is -0.118. The van der Waals surface area contributed by atoms with E-state index in [-0.39, 0.29) is 19.0 Å².